The lowest BCUT2D eigenvalue weighted by Crippen LogP contribution is -2.06. The maximum absolute atomic E-state index is 12.7. The first-order valence-electron chi connectivity index (χ1n) is 7.44. The summed E-state index contributed by atoms with van der Waals surface area (Å²) in [7, 11) is 3.95. The second-order valence-electron chi connectivity index (χ2n) is 5.31. The van der Waals surface area contributed by atoms with Crippen LogP contribution in [-0.4, -0.2) is 36.6 Å². The van der Waals surface area contributed by atoms with Gasteiger partial charge in [-0.15, -0.1) is 0 Å². The van der Waals surface area contributed by atoms with Crippen molar-refractivity contribution in [3.63, 3.8) is 0 Å². The molecule has 0 saturated heterocycles. The van der Waals surface area contributed by atoms with Crippen molar-refractivity contribution < 1.29 is 33.9 Å². The van der Waals surface area contributed by atoms with Gasteiger partial charge in [-0.1, -0.05) is 12.1 Å². The van der Waals surface area contributed by atoms with Crippen LogP contribution in [0.1, 0.15) is 0 Å². The molecular formula is C18H16O8. The van der Waals surface area contributed by atoms with Crippen LogP contribution >= 0.6 is 0 Å². The summed E-state index contributed by atoms with van der Waals surface area (Å²) in [6.45, 7) is 0. The molecule has 3 rings (SSSR count). The number of phenols is 2. The van der Waals surface area contributed by atoms with Gasteiger partial charge in [-0.3, -0.25) is 4.79 Å². The van der Waals surface area contributed by atoms with Crippen molar-refractivity contribution in [2.45, 2.75) is 0 Å². The molecule has 0 amide bonds. The van der Waals surface area contributed by atoms with Crippen LogP contribution in [-0.2, 0) is 0 Å². The van der Waals surface area contributed by atoms with E-state index in [-0.39, 0.29) is 28.2 Å². The van der Waals surface area contributed by atoms with Crippen LogP contribution < -0.4 is 19.6 Å². The Bertz CT molecular complexity index is 1050. The first kappa shape index (κ1) is 17.3. The Morgan fingerprint density at radius 3 is 2.19 bits per heavy atom. The maximum atomic E-state index is 12.7. The van der Waals surface area contributed by atoms with E-state index in [1.807, 2.05) is 0 Å². The third-order valence-electron chi connectivity index (χ3n) is 3.92. The number of ether oxygens (including phenoxy) is 3. The van der Waals surface area contributed by atoms with Crippen LogP contribution in [0, 0.1) is 0 Å². The molecule has 1 aromatic heterocycles. The molecule has 0 aliphatic heterocycles. The smallest absolute Gasteiger partial charge is 0.239 e. The topological polar surface area (TPSA) is 119 Å². The maximum Gasteiger partial charge on any atom is 0.239 e. The van der Waals surface area contributed by atoms with Gasteiger partial charge in [-0.25, -0.2) is 0 Å². The molecule has 0 aliphatic rings. The minimum atomic E-state index is -0.852. The van der Waals surface area contributed by atoms with Gasteiger partial charge in [-0.05, 0) is 12.1 Å². The van der Waals surface area contributed by atoms with Gasteiger partial charge in [0.2, 0.25) is 28.4 Å². The second-order valence-corrected chi connectivity index (χ2v) is 5.31. The van der Waals surface area contributed by atoms with E-state index in [1.165, 1.54) is 21.3 Å². The molecule has 0 spiro atoms. The highest BCUT2D eigenvalue weighted by molar-refractivity contribution is 5.96. The Kier molecular flexibility index (Phi) is 4.25. The summed E-state index contributed by atoms with van der Waals surface area (Å²) in [4.78, 5) is 12.7. The van der Waals surface area contributed by atoms with E-state index in [9.17, 15) is 20.1 Å². The highest BCUT2D eigenvalue weighted by Gasteiger charge is 2.28. The van der Waals surface area contributed by atoms with Gasteiger partial charge in [0.25, 0.3) is 0 Å². The lowest BCUT2D eigenvalue weighted by atomic mass is 10.1. The van der Waals surface area contributed by atoms with Crippen molar-refractivity contribution in [1.82, 2.24) is 0 Å². The van der Waals surface area contributed by atoms with Gasteiger partial charge < -0.3 is 33.9 Å². The third kappa shape index (κ3) is 2.43. The lowest BCUT2D eigenvalue weighted by Gasteiger charge is -2.14. The lowest BCUT2D eigenvalue weighted by molar-refractivity contribution is 0.322. The SMILES string of the molecule is COc1cccc(-c2oc3c(O)c(O)c(OC)c(OC)c3c(=O)c2O)c1. The van der Waals surface area contributed by atoms with Crippen molar-refractivity contribution in [2.75, 3.05) is 21.3 Å². The Morgan fingerprint density at radius 1 is 0.885 bits per heavy atom. The van der Waals surface area contributed by atoms with Gasteiger partial charge in [0.15, 0.2) is 17.1 Å². The molecule has 26 heavy (non-hydrogen) atoms. The molecule has 0 aliphatic carbocycles. The zero-order valence-corrected chi connectivity index (χ0v) is 14.2. The van der Waals surface area contributed by atoms with E-state index in [4.69, 9.17) is 18.6 Å². The zero-order valence-electron chi connectivity index (χ0n) is 14.2. The molecule has 1 heterocycles. The Morgan fingerprint density at radius 2 is 1.58 bits per heavy atom. The van der Waals surface area contributed by atoms with Crippen LogP contribution in [0.4, 0.5) is 0 Å². The van der Waals surface area contributed by atoms with Crippen LogP contribution in [0.25, 0.3) is 22.3 Å². The minimum Gasteiger partial charge on any atom is -0.502 e. The highest BCUT2D eigenvalue weighted by atomic mass is 16.5. The number of benzene rings is 2. The van der Waals surface area contributed by atoms with E-state index in [0.29, 0.717) is 11.3 Å². The van der Waals surface area contributed by atoms with Crippen molar-refractivity contribution in [2.24, 2.45) is 0 Å². The number of hydrogen-bond donors (Lipinski definition) is 3. The summed E-state index contributed by atoms with van der Waals surface area (Å²) in [5.74, 6) is -2.18. The largest absolute Gasteiger partial charge is 0.502 e. The highest BCUT2D eigenvalue weighted by Crippen LogP contribution is 2.50. The van der Waals surface area contributed by atoms with Crippen LogP contribution in [0.3, 0.4) is 0 Å². The number of phenolic OH excluding ortho intramolecular Hbond substituents is 2. The monoisotopic (exact) mass is 360 g/mol. The van der Waals surface area contributed by atoms with Gasteiger partial charge >= 0.3 is 0 Å². The van der Waals surface area contributed by atoms with E-state index in [1.54, 1.807) is 24.3 Å². The predicted octanol–water partition coefficient (Wildman–Crippen LogP) is 2.60. The van der Waals surface area contributed by atoms with E-state index < -0.39 is 22.7 Å². The second kappa shape index (κ2) is 6.40. The van der Waals surface area contributed by atoms with Crippen molar-refractivity contribution in [1.29, 1.82) is 0 Å². The molecule has 3 N–H and O–H groups in total. The first-order valence-corrected chi connectivity index (χ1v) is 7.44. The Hall–Kier alpha value is -3.55. The molecule has 136 valence electrons. The fraction of sp³-hybridized carbons (Fsp3) is 0.167. The molecule has 0 atom stereocenters. The number of rotatable bonds is 4. The number of aromatic hydroxyl groups is 3. The van der Waals surface area contributed by atoms with E-state index in [2.05, 4.69) is 0 Å². The van der Waals surface area contributed by atoms with Crippen LogP contribution in [0.5, 0.6) is 34.5 Å². The summed E-state index contributed by atoms with van der Waals surface area (Å²) >= 11 is 0. The Labute approximate surface area is 147 Å². The molecule has 3 aromatic rings. The fourth-order valence-electron chi connectivity index (χ4n) is 2.68. The normalized spacial score (nSPS) is 10.7. The fourth-order valence-corrected chi connectivity index (χ4v) is 2.68. The number of methoxy groups -OCH3 is 3. The summed E-state index contributed by atoms with van der Waals surface area (Å²) < 4.78 is 20.8. The van der Waals surface area contributed by atoms with E-state index in [0.717, 1.165) is 0 Å². The molecule has 0 bridgehead atoms. The molecule has 0 fully saturated rings. The predicted molar refractivity (Wildman–Crippen MR) is 92.6 cm³/mol. The first-order chi connectivity index (χ1) is 12.4. The summed E-state index contributed by atoms with van der Waals surface area (Å²) in [5, 5.41) is 30.5. The van der Waals surface area contributed by atoms with E-state index >= 15 is 0 Å². The molecule has 8 heteroatoms. The average molecular weight is 360 g/mol. The van der Waals surface area contributed by atoms with Gasteiger partial charge in [-0.2, -0.15) is 0 Å². The molecule has 8 nitrogen and oxygen atoms in total. The third-order valence-corrected chi connectivity index (χ3v) is 3.92. The van der Waals surface area contributed by atoms with Crippen LogP contribution in [0.15, 0.2) is 33.5 Å². The average Bonchev–Trinajstić information content (AvgIpc) is 2.66. The van der Waals surface area contributed by atoms with Gasteiger partial charge in [0, 0.05) is 5.56 Å². The van der Waals surface area contributed by atoms with Crippen molar-refractivity contribution in [3.05, 3.63) is 34.5 Å². The number of hydrogen-bond acceptors (Lipinski definition) is 8. The standard InChI is InChI=1S/C18H16O8/c1-23-9-6-4-5-8(7-9)15-12(20)11(19)10-16(26-15)13(21)14(22)18(25-3)17(10)24-2/h4-7,20-22H,1-3H3. The van der Waals surface area contributed by atoms with Gasteiger partial charge in [0.1, 0.15) is 11.1 Å². The number of fused-ring (bicyclic) bond motifs is 1. The summed E-state index contributed by atoms with van der Waals surface area (Å²) in [6.07, 6.45) is 0. The summed E-state index contributed by atoms with van der Waals surface area (Å²) in [6, 6.07) is 6.45. The van der Waals surface area contributed by atoms with Gasteiger partial charge in [0.05, 0.1) is 21.3 Å². The quantitative estimate of drug-likeness (QED) is 0.608. The van der Waals surface area contributed by atoms with Crippen LogP contribution in [0.2, 0.25) is 0 Å². The molecule has 2 aromatic carbocycles. The Balaban J connectivity index is 2.45. The molecule has 0 saturated carbocycles. The molecule has 0 unspecified atom stereocenters. The zero-order chi connectivity index (χ0) is 19.0. The molecular weight excluding hydrogens is 344 g/mol. The van der Waals surface area contributed by atoms with Crippen molar-refractivity contribution in [3.8, 4) is 45.8 Å². The van der Waals surface area contributed by atoms with Crippen molar-refractivity contribution >= 4 is 11.0 Å². The minimum absolute atomic E-state index is 0.168. The molecule has 0 radical (unpaired) electrons. The summed E-state index contributed by atoms with van der Waals surface area (Å²) in [5.41, 5.74) is -0.857.